The molecule has 0 bridgehead atoms. The van der Waals surface area contributed by atoms with Crippen molar-refractivity contribution in [3.8, 4) is 0 Å². The fourth-order valence-corrected chi connectivity index (χ4v) is 1.26. The summed E-state index contributed by atoms with van der Waals surface area (Å²) in [7, 11) is 0. The van der Waals surface area contributed by atoms with Crippen molar-refractivity contribution in [3.05, 3.63) is 0 Å². The fourth-order valence-electron chi connectivity index (χ4n) is 1.26. The maximum absolute atomic E-state index is 13.3. The normalized spacial score (nSPS) is 13.9. The average Bonchev–Trinajstić information content (AvgIpc) is 2.21. The highest BCUT2D eigenvalue weighted by molar-refractivity contribution is 4.71. The summed E-state index contributed by atoms with van der Waals surface area (Å²) in [6.07, 6.45) is 0.605. The fraction of sp³-hybridized carbons (Fsp3) is 1.00. The van der Waals surface area contributed by atoms with Gasteiger partial charge in [-0.05, 0) is 40.2 Å². The highest BCUT2D eigenvalue weighted by Gasteiger charge is 2.11. The van der Waals surface area contributed by atoms with Crippen LogP contribution >= 0.6 is 0 Å². The van der Waals surface area contributed by atoms with E-state index in [-0.39, 0.29) is 12.1 Å². The first-order valence-electron chi connectivity index (χ1n) is 6.50. The first-order valence-corrected chi connectivity index (χ1v) is 6.50. The summed E-state index contributed by atoms with van der Waals surface area (Å²) in [5.41, 5.74) is 0.0502. The van der Waals surface area contributed by atoms with E-state index in [2.05, 4.69) is 33.0 Å². The number of nitrogens with one attached hydrogen (secondary N) is 1. The van der Waals surface area contributed by atoms with E-state index in [4.69, 9.17) is 9.47 Å². The second-order valence-corrected chi connectivity index (χ2v) is 5.25. The molecule has 1 unspecified atom stereocenters. The third-order valence-electron chi connectivity index (χ3n) is 2.13. The van der Waals surface area contributed by atoms with Crippen molar-refractivity contribution < 1.29 is 13.9 Å². The molecule has 1 atom stereocenters. The Balaban J connectivity index is 3.26. The predicted molar refractivity (Wildman–Crippen MR) is 69.2 cm³/mol. The molecule has 1 N–H and O–H groups in total. The van der Waals surface area contributed by atoms with E-state index in [1.54, 1.807) is 0 Å². The Morgan fingerprint density at radius 1 is 1.12 bits per heavy atom. The second kappa shape index (κ2) is 9.80. The van der Waals surface area contributed by atoms with Crippen molar-refractivity contribution in [2.45, 2.75) is 52.2 Å². The first-order chi connectivity index (χ1) is 7.95. The number of rotatable bonds is 10. The van der Waals surface area contributed by atoms with Crippen molar-refractivity contribution >= 4 is 0 Å². The molecule has 0 aromatic rings. The predicted octanol–water partition coefficient (Wildman–Crippen LogP) is 2.55. The van der Waals surface area contributed by atoms with Crippen LogP contribution in [0.25, 0.3) is 0 Å². The largest absolute Gasteiger partial charge is 0.379 e. The summed E-state index contributed by atoms with van der Waals surface area (Å²) in [6, 6.07) is 0. The molecule has 0 fully saturated rings. The molecule has 0 aliphatic heterocycles. The molecule has 0 spiro atoms. The van der Waals surface area contributed by atoms with Crippen LogP contribution in [0.3, 0.4) is 0 Å². The van der Waals surface area contributed by atoms with Gasteiger partial charge in [0.2, 0.25) is 0 Å². The van der Waals surface area contributed by atoms with Crippen LogP contribution in [0.5, 0.6) is 0 Å². The zero-order valence-electron chi connectivity index (χ0n) is 11.7. The van der Waals surface area contributed by atoms with E-state index >= 15 is 0 Å². The minimum atomic E-state index is -0.893. The lowest BCUT2D eigenvalue weighted by atomic mass is 10.1. The van der Waals surface area contributed by atoms with Gasteiger partial charge in [-0.15, -0.1) is 0 Å². The van der Waals surface area contributed by atoms with Crippen LogP contribution in [-0.2, 0) is 9.47 Å². The molecule has 3 nitrogen and oxygen atoms in total. The number of halogens is 1. The zero-order chi connectivity index (χ0) is 13.1. The van der Waals surface area contributed by atoms with Crippen molar-refractivity contribution in [2.24, 2.45) is 0 Å². The number of hydrogen-bond donors (Lipinski definition) is 1. The minimum Gasteiger partial charge on any atom is -0.379 e. The van der Waals surface area contributed by atoms with E-state index in [1.807, 2.05) is 0 Å². The van der Waals surface area contributed by atoms with Crippen LogP contribution in [-0.4, -0.2) is 44.7 Å². The Morgan fingerprint density at radius 2 is 1.76 bits per heavy atom. The maximum atomic E-state index is 13.3. The van der Waals surface area contributed by atoms with Gasteiger partial charge in [-0.2, -0.15) is 0 Å². The molecular weight excluding hydrogens is 221 g/mol. The van der Waals surface area contributed by atoms with Crippen LogP contribution < -0.4 is 5.32 Å². The van der Waals surface area contributed by atoms with E-state index in [1.165, 1.54) is 0 Å². The SMILES string of the molecule is CCCOCCOCC(F)CCNC(C)(C)C. The van der Waals surface area contributed by atoms with Gasteiger partial charge in [0.25, 0.3) is 0 Å². The lowest BCUT2D eigenvalue weighted by molar-refractivity contribution is 0.0247. The molecule has 0 aliphatic carbocycles. The summed E-state index contributed by atoms with van der Waals surface area (Å²) >= 11 is 0. The monoisotopic (exact) mass is 249 g/mol. The van der Waals surface area contributed by atoms with Crippen LogP contribution in [0.1, 0.15) is 40.5 Å². The highest BCUT2D eigenvalue weighted by Crippen LogP contribution is 2.02. The van der Waals surface area contributed by atoms with Crippen LogP contribution in [0.2, 0.25) is 0 Å². The topological polar surface area (TPSA) is 30.5 Å². The lowest BCUT2D eigenvalue weighted by Gasteiger charge is -2.21. The molecule has 0 amide bonds. The molecule has 0 aromatic carbocycles. The molecule has 0 heterocycles. The summed E-state index contributed by atoms with van der Waals surface area (Å²) < 4.78 is 23.8. The molecular formula is C13H28FNO2. The van der Waals surface area contributed by atoms with Gasteiger partial charge in [0, 0.05) is 12.1 Å². The Bertz CT molecular complexity index is 171. The van der Waals surface area contributed by atoms with Gasteiger partial charge in [-0.1, -0.05) is 6.92 Å². The Hall–Kier alpha value is -0.190. The van der Waals surface area contributed by atoms with Crippen molar-refractivity contribution in [2.75, 3.05) is 33.0 Å². The van der Waals surface area contributed by atoms with E-state index < -0.39 is 6.17 Å². The number of ether oxygens (including phenoxy) is 2. The molecule has 0 aliphatic rings. The smallest absolute Gasteiger partial charge is 0.125 e. The molecule has 0 saturated heterocycles. The number of alkyl halides is 1. The quantitative estimate of drug-likeness (QED) is 0.604. The Morgan fingerprint density at radius 3 is 2.35 bits per heavy atom. The lowest BCUT2D eigenvalue weighted by Crippen LogP contribution is -2.37. The van der Waals surface area contributed by atoms with Gasteiger partial charge in [-0.25, -0.2) is 4.39 Å². The third-order valence-corrected chi connectivity index (χ3v) is 2.13. The minimum absolute atomic E-state index is 0.0502. The summed E-state index contributed by atoms with van der Waals surface area (Å²) in [5.74, 6) is 0. The van der Waals surface area contributed by atoms with Gasteiger partial charge in [0.15, 0.2) is 0 Å². The van der Waals surface area contributed by atoms with Gasteiger partial charge >= 0.3 is 0 Å². The second-order valence-electron chi connectivity index (χ2n) is 5.25. The maximum Gasteiger partial charge on any atom is 0.125 e. The van der Waals surface area contributed by atoms with E-state index in [0.29, 0.717) is 26.2 Å². The Kier molecular flexibility index (Phi) is 9.69. The van der Waals surface area contributed by atoms with Crippen LogP contribution in [0.4, 0.5) is 4.39 Å². The third kappa shape index (κ3) is 13.7. The number of hydrogen-bond acceptors (Lipinski definition) is 3. The van der Waals surface area contributed by atoms with Gasteiger partial charge < -0.3 is 14.8 Å². The summed E-state index contributed by atoms with van der Waals surface area (Å²) in [6.45, 7) is 10.9. The van der Waals surface area contributed by atoms with E-state index in [9.17, 15) is 4.39 Å². The van der Waals surface area contributed by atoms with Crippen molar-refractivity contribution in [1.82, 2.24) is 5.32 Å². The molecule has 4 heteroatoms. The first kappa shape index (κ1) is 16.8. The summed E-state index contributed by atoms with van der Waals surface area (Å²) in [5, 5.41) is 3.25. The standard InChI is InChI=1S/C13H28FNO2/c1-5-8-16-9-10-17-11-12(14)6-7-15-13(2,3)4/h12,15H,5-11H2,1-4H3. The van der Waals surface area contributed by atoms with Crippen molar-refractivity contribution in [3.63, 3.8) is 0 Å². The zero-order valence-corrected chi connectivity index (χ0v) is 11.7. The average molecular weight is 249 g/mol. The van der Waals surface area contributed by atoms with Gasteiger partial charge in [-0.3, -0.25) is 0 Å². The highest BCUT2D eigenvalue weighted by atomic mass is 19.1. The molecule has 0 radical (unpaired) electrons. The van der Waals surface area contributed by atoms with Crippen molar-refractivity contribution in [1.29, 1.82) is 0 Å². The van der Waals surface area contributed by atoms with Crippen LogP contribution in [0.15, 0.2) is 0 Å². The molecule has 17 heavy (non-hydrogen) atoms. The molecule has 0 rings (SSSR count). The van der Waals surface area contributed by atoms with E-state index in [0.717, 1.165) is 13.0 Å². The molecule has 0 aromatic heterocycles. The Labute approximate surface area is 105 Å². The van der Waals surface area contributed by atoms with Crippen LogP contribution in [0, 0.1) is 0 Å². The molecule has 104 valence electrons. The van der Waals surface area contributed by atoms with Gasteiger partial charge in [0.05, 0.1) is 19.8 Å². The van der Waals surface area contributed by atoms with Gasteiger partial charge in [0.1, 0.15) is 6.17 Å². The molecule has 0 saturated carbocycles. The summed E-state index contributed by atoms with van der Waals surface area (Å²) in [4.78, 5) is 0.